The number of benzene rings is 2. The zero-order chi connectivity index (χ0) is 20.3. The number of halogens is 1. The van der Waals surface area contributed by atoms with Crippen LogP contribution in [0.25, 0.3) is 5.69 Å². The molecule has 3 aromatic rings. The predicted molar refractivity (Wildman–Crippen MR) is 109 cm³/mol. The molecule has 0 amide bonds. The van der Waals surface area contributed by atoms with E-state index in [0.29, 0.717) is 27.7 Å². The molecule has 0 atom stereocenters. The van der Waals surface area contributed by atoms with Crippen molar-refractivity contribution in [2.75, 3.05) is 5.32 Å². The first-order valence-electron chi connectivity index (χ1n) is 8.45. The van der Waals surface area contributed by atoms with Gasteiger partial charge in [-0.1, -0.05) is 29.8 Å². The number of hydrogen-bond acceptors (Lipinski definition) is 4. The molecular weight excluding hydrogens is 376 g/mol. The molecule has 0 unspecified atom stereocenters. The van der Waals surface area contributed by atoms with Crippen LogP contribution in [0.2, 0.25) is 5.02 Å². The fourth-order valence-electron chi connectivity index (χ4n) is 2.78. The van der Waals surface area contributed by atoms with Crippen molar-refractivity contribution in [3.8, 4) is 11.8 Å². The molecule has 0 radical (unpaired) electrons. The third-order valence-electron chi connectivity index (χ3n) is 4.39. The molecule has 7 heteroatoms. The smallest absolute Gasteiger partial charge is 0.295 e. The Balaban J connectivity index is 1.95. The number of para-hydroxylation sites is 1. The number of aromatic nitrogens is 2. The summed E-state index contributed by atoms with van der Waals surface area (Å²) in [4.78, 5) is 25.4. The van der Waals surface area contributed by atoms with E-state index >= 15 is 0 Å². The normalized spacial score (nSPS) is 11.1. The van der Waals surface area contributed by atoms with E-state index in [4.69, 9.17) is 11.6 Å². The maximum Gasteiger partial charge on any atom is 0.295 e. The molecule has 0 saturated carbocycles. The molecule has 0 bridgehead atoms. The summed E-state index contributed by atoms with van der Waals surface area (Å²) in [6, 6.07) is 17.3. The van der Waals surface area contributed by atoms with E-state index in [0.717, 1.165) is 0 Å². The highest BCUT2D eigenvalue weighted by atomic mass is 35.5. The third kappa shape index (κ3) is 3.61. The largest absolute Gasteiger partial charge is 0.354 e. The molecule has 0 saturated heterocycles. The monoisotopic (exact) mass is 392 g/mol. The van der Waals surface area contributed by atoms with Crippen LogP contribution in [-0.2, 0) is 7.05 Å². The van der Waals surface area contributed by atoms with Gasteiger partial charge in [0.25, 0.3) is 5.56 Å². The molecule has 0 aliphatic carbocycles. The topological polar surface area (TPSA) is 79.8 Å². The summed E-state index contributed by atoms with van der Waals surface area (Å²) in [6.07, 6.45) is 1.26. The first-order chi connectivity index (χ1) is 13.4. The van der Waals surface area contributed by atoms with Crippen molar-refractivity contribution in [3.63, 3.8) is 0 Å². The predicted octanol–water partition coefficient (Wildman–Crippen LogP) is 3.84. The lowest BCUT2D eigenvalue weighted by Gasteiger charge is -2.07. The van der Waals surface area contributed by atoms with Crippen LogP contribution in [0.4, 0.5) is 5.69 Å². The average Bonchev–Trinajstić information content (AvgIpc) is 2.92. The van der Waals surface area contributed by atoms with Crippen molar-refractivity contribution >= 4 is 23.1 Å². The molecule has 6 nitrogen and oxygen atoms in total. The minimum absolute atomic E-state index is 0.115. The highest BCUT2D eigenvalue weighted by Gasteiger charge is 2.17. The second kappa shape index (κ2) is 7.99. The zero-order valence-electron chi connectivity index (χ0n) is 15.3. The Hall–Kier alpha value is -3.56. The average molecular weight is 393 g/mol. The number of carbonyl (C=O) groups excluding carboxylic acids is 1. The van der Waals surface area contributed by atoms with Crippen molar-refractivity contribution in [2.24, 2.45) is 7.05 Å². The van der Waals surface area contributed by atoms with Gasteiger partial charge in [0.15, 0.2) is 0 Å². The van der Waals surface area contributed by atoms with Crippen molar-refractivity contribution in [1.29, 1.82) is 5.26 Å². The number of anilines is 1. The highest BCUT2D eigenvalue weighted by molar-refractivity contribution is 6.30. The van der Waals surface area contributed by atoms with Crippen LogP contribution in [0, 0.1) is 18.3 Å². The summed E-state index contributed by atoms with van der Waals surface area (Å²) in [7, 11) is 1.77. The minimum Gasteiger partial charge on any atom is -0.354 e. The Morgan fingerprint density at radius 2 is 1.79 bits per heavy atom. The molecule has 1 aromatic heterocycles. The van der Waals surface area contributed by atoms with Crippen molar-refractivity contribution in [1.82, 2.24) is 9.36 Å². The van der Waals surface area contributed by atoms with E-state index in [1.54, 1.807) is 42.9 Å². The lowest BCUT2D eigenvalue weighted by atomic mass is 10.1. The van der Waals surface area contributed by atoms with E-state index in [1.807, 2.05) is 36.4 Å². The van der Waals surface area contributed by atoms with Gasteiger partial charge in [-0.25, -0.2) is 4.68 Å². The number of Topliss-reactive ketones (excluding diaryl/α,β-unsaturated/α-hetero) is 1. The molecule has 28 heavy (non-hydrogen) atoms. The Morgan fingerprint density at radius 3 is 2.39 bits per heavy atom. The van der Waals surface area contributed by atoms with E-state index in [9.17, 15) is 14.9 Å². The van der Waals surface area contributed by atoms with Gasteiger partial charge < -0.3 is 5.32 Å². The van der Waals surface area contributed by atoms with Gasteiger partial charge in [-0.15, -0.1) is 0 Å². The van der Waals surface area contributed by atoms with Crippen molar-refractivity contribution in [3.05, 3.63) is 93.0 Å². The number of carbonyl (C=O) groups is 1. The lowest BCUT2D eigenvalue weighted by molar-refractivity contribution is 0.103. The second-order valence-corrected chi connectivity index (χ2v) is 6.52. The molecule has 0 fully saturated rings. The van der Waals surface area contributed by atoms with Gasteiger partial charge in [-0.2, -0.15) is 5.26 Å². The van der Waals surface area contributed by atoms with Crippen LogP contribution in [0.5, 0.6) is 0 Å². The second-order valence-electron chi connectivity index (χ2n) is 6.09. The number of rotatable bonds is 5. The number of nitrogens with one attached hydrogen (secondary N) is 1. The summed E-state index contributed by atoms with van der Waals surface area (Å²) in [5.74, 6) is -0.455. The van der Waals surface area contributed by atoms with Crippen LogP contribution in [-0.4, -0.2) is 15.1 Å². The number of nitrogens with zero attached hydrogens (tertiary/aromatic N) is 3. The molecule has 140 valence electrons. The van der Waals surface area contributed by atoms with Crippen molar-refractivity contribution < 1.29 is 4.79 Å². The van der Waals surface area contributed by atoms with Gasteiger partial charge in [0.05, 0.1) is 11.4 Å². The number of hydrogen-bond donors (Lipinski definition) is 1. The maximum atomic E-state index is 12.9. The fraction of sp³-hybridized carbons (Fsp3) is 0.0952. The minimum atomic E-state index is -0.455. The number of nitriles is 1. The molecular formula is C21H17ClN4O2. The van der Waals surface area contributed by atoms with Gasteiger partial charge in [0.1, 0.15) is 17.3 Å². The van der Waals surface area contributed by atoms with E-state index in [-0.39, 0.29) is 11.1 Å². The van der Waals surface area contributed by atoms with Crippen molar-refractivity contribution in [2.45, 2.75) is 6.92 Å². The van der Waals surface area contributed by atoms with Gasteiger partial charge in [-0.05, 0) is 43.3 Å². The van der Waals surface area contributed by atoms with E-state index in [2.05, 4.69) is 5.32 Å². The molecule has 2 aromatic carbocycles. The Labute approximate surface area is 166 Å². The summed E-state index contributed by atoms with van der Waals surface area (Å²) in [6.45, 7) is 1.78. The van der Waals surface area contributed by atoms with Crippen LogP contribution in [0.3, 0.4) is 0 Å². The summed E-state index contributed by atoms with van der Waals surface area (Å²) in [5, 5.41) is 12.7. The first-order valence-corrected chi connectivity index (χ1v) is 8.83. The maximum absolute atomic E-state index is 12.9. The van der Waals surface area contributed by atoms with Gasteiger partial charge >= 0.3 is 0 Å². The highest BCUT2D eigenvalue weighted by Crippen LogP contribution is 2.16. The molecule has 1 heterocycles. The number of allylic oxidation sites excluding steroid dienone is 1. The summed E-state index contributed by atoms with van der Waals surface area (Å²) in [5.41, 5.74) is 1.62. The molecule has 1 N–H and O–H groups in total. The van der Waals surface area contributed by atoms with Crippen LogP contribution >= 0.6 is 11.6 Å². The van der Waals surface area contributed by atoms with Crippen LogP contribution in [0.15, 0.2) is 71.2 Å². The SMILES string of the molecule is Cc1c(N/C=C(\C#N)C(=O)c2ccc(Cl)cc2)c(=O)n(-c2ccccc2)n1C. The Kier molecular flexibility index (Phi) is 5.48. The van der Waals surface area contributed by atoms with Gasteiger partial charge in [-0.3, -0.25) is 14.3 Å². The van der Waals surface area contributed by atoms with Gasteiger partial charge in [0.2, 0.25) is 5.78 Å². The number of ketones is 1. The summed E-state index contributed by atoms with van der Waals surface area (Å²) < 4.78 is 3.22. The third-order valence-corrected chi connectivity index (χ3v) is 4.64. The van der Waals surface area contributed by atoms with E-state index < -0.39 is 5.78 Å². The Bertz CT molecular complexity index is 1150. The first kappa shape index (κ1) is 19.2. The standard InChI is InChI=1S/C21H17ClN4O2/c1-14-19(21(28)26(25(14)2)18-6-4-3-5-7-18)24-13-16(12-23)20(27)15-8-10-17(22)11-9-15/h3-11,13,24H,1-2H3/b16-13+. The molecule has 0 spiro atoms. The van der Waals surface area contributed by atoms with E-state index in [1.165, 1.54) is 10.9 Å². The molecule has 3 rings (SSSR count). The fourth-order valence-corrected chi connectivity index (χ4v) is 2.91. The van der Waals surface area contributed by atoms with Crippen LogP contribution in [0.1, 0.15) is 16.1 Å². The summed E-state index contributed by atoms with van der Waals surface area (Å²) >= 11 is 5.83. The Morgan fingerprint density at radius 1 is 1.14 bits per heavy atom. The lowest BCUT2D eigenvalue weighted by Crippen LogP contribution is -2.20. The quantitative estimate of drug-likeness (QED) is 0.406. The van der Waals surface area contributed by atoms with Crippen LogP contribution < -0.4 is 10.9 Å². The van der Waals surface area contributed by atoms with Gasteiger partial charge in [0, 0.05) is 23.8 Å². The molecule has 0 aliphatic heterocycles. The zero-order valence-corrected chi connectivity index (χ0v) is 16.1. The molecule has 0 aliphatic rings.